The second-order valence-corrected chi connectivity index (χ2v) is 4.01. The molecule has 2 rings (SSSR count). The van der Waals surface area contributed by atoms with E-state index in [9.17, 15) is 18.3 Å². The second kappa shape index (κ2) is 5.32. The molecule has 0 saturated carbocycles. The maximum Gasteiger partial charge on any atom is 0.168 e. The molecular formula is C14H11F3O2. The molecule has 0 fully saturated rings. The maximum atomic E-state index is 13.7. The Kier molecular flexibility index (Phi) is 3.76. The summed E-state index contributed by atoms with van der Waals surface area (Å²) in [6.07, 6.45) is -0.998. The van der Waals surface area contributed by atoms with Gasteiger partial charge in [-0.1, -0.05) is 12.1 Å². The van der Waals surface area contributed by atoms with Crippen LogP contribution in [0.15, 0.2) is 36.4 Å². The topological polar surface area (TPSA) is 29.5 Å². The smallest absolute Gasteiger partial charge is 0.168 e. The van der Waals surface area contributed by atoms with Gasteiger partial charge in [-0.25, -0.2) is 13.2 Å². The van der Waals surface area contributed by atoms with E-state index in [1.54, 1.807) is 0 Å². The standard InChI is InChI=1S/C14H11F3O2/c1-8(18)10-3-2-4-12(17)14(10)19-13-7-9(15)5-6-11(13)16/h2-8,18H,1H3/t8-/m1/s1. The molecule has 19 heavy (non-hydrogen) atoms. The fraction of sp³-hybridized carbons (Fsp3) is 0.143. The van der Waals surface area contributed by atoms with Crippen molar-refractivity contribution in [1.82, 2.24) is 0 Å². The number of hydrogen-bond acceptors (Lipinski definition) is 2. The zero-order valence-electron chi connectivity index (χ0n) is 10.0. The molecular weight excluding hydrogens is 257 g/mol. The number of ether oxygens (including phenoxy) is 1. The van der Waals surface area contributed by atoms with Gasteiger partial charge in [0.15, 0.2) is 23.1 Å². The molecule has 0 spiro atoms. The number of rotatable bonds is 3. The molecule has 0 bridgehead atoms. The first kappa shape index (κ1) is 13.4. The maximum absolute atomic E-state index is 13.7. The summed E-state index contributed by atoms with van der Waals surface area (Å²) < 4.78 is 45.2. The van der Waals surface area contributed by atoms with Crippen LogP contribution in [-0.2, 0) is 0 Å². The monoisotopic (exact) mass is 268 g/mol. The average molecular weight is 268 g/mol. The Hall–Kier alpha value is -2.01. The molecule has 5 heteroatoms. The van der Waals surface area contributed by atoms with E-state index in [2.05, 4.69) is 0 Å². The van der Waals surface area contributed by atoms with E-state index in [0.29, 0.717) is 0 Å². The lowest BCUT2D eigenvalue weighted by atomic mass is 10.1. The van der Waals surface area contributed by atoms with Crippen molar-refractivity contribution in [3.8, 4) is 11.5 Å². The Morgan fingerprint density at radius 2 is 1.79 bits per heavy atom. The van der Waals surface area contributed by atoms with Gasteiger partial charge in [0, 0.05) is 11.6 Å². The number of benzene rings is 2. The lowest BCUT2D eigenvalue weighted by molar-refractivity contribution is 0.194. The van der Waals surface area contributed by atoms with E-state index in [4.69, 9.17) is 4.74 Å². The highest BCUT2D eigenvalue weighted by Crippen LogP contribution is 2.33. The lowest BCUT2D eigenvalue weighted by Crippen LogP contribution is -2.00. The number of hydrogen-bond donors (Lipinski definition) is 1. The highest BCUT2D eigenvalue weighted by atomic mass is 19.1. The van der Waals surface area contributed by atoms with Crippen molar-refractivity contribution >= 4 is 0 Å². The van der Waals surface area contributed by atoms with Gasteiger partial charge in [0.2, 0.25) is 0 Å². The molecule has 2 aromatic rings. The fourth-order valence-electron chi connectivity index (χ4n) is 1.63. The minimum Gasteiger partial charge on any atom is -0.451 e. The molecule has 2 aromatic carbocycles. The van der Waals surface area contributed by atoms with E-state index in [-0.39, 0.29) is 11.3 Å². The molecule has 0 aliphatic heterocycles. The van der Waals surface area contributed by atoms with Crippen LogP contribution in [-0.4, -0.2) is 5.11 Å². The van der Waals surface area contributed by atoms with Gasteiger partial charge in [-0.05, 0) is 25.1 Å². The van der Waals surface area contributed by atoms with Gasteiger partial charge >= 0.3 is 0 Å². The lowest BCUT2D eigenvalue weighted by Gasteiger charge is -2.14. The minimum absolute atomic E-state index is 0.156. The molecule has 0 heterocycles. The third kappa shape index (κ3) is 2.88. The zero-order valence-corrected chi connectivity index (χ0v) is 10.0. The van der Waals surface area contributed by atoms with Gasteiger partial charge < -0.3 is 9.84 Å². The van der Waals surface area contributed by atoms with Crippen molar-refractivity contribution in [3.63, 3.8) is 0 Å². The average Bonchev–Trinajstić information content (AvgIpc) is 2.35. The quantitative estimate of drug-likeness (QED) is 0.913. The van der Waals surface area contributed by atoms with E-state index in [1.807, 2.05) is 0 Å². The number of aliphatic hydroxyl groups is 1. The van der Waals surface area contributed by atoms with Crippen molar-refractivity contribution < 1.29 is 23.0 Å². The minimum atomic E-state index is -0.998. The molecule has 1 atom stereocenters. The summed E-state index contributed by atoms with van der Waals surface area (Å²) in [6, 6.07) is 6.57. The van der Waals surface area contributed by atoms with Crippen LogP contribution in [0.2, 0.25) is 0 Å². The van der Waals surface area contributed by atoms with Gasteiger partial charge in [-0.15, -0.1) is 0 Å². The van der Waals surface area contributed by atoms with Gasteiger partial charge in [0.25, 0.3) is 0 Å². The Morgan fingerprint density at radius 1 is 1.05 bits per heavy atom. The van der Waals surface area contributed by atoms with Gasteiger partial charge in [-0.3, -0.25) is 0 Å². The summed E-state index contributed by atoms with van der Waals surface area (Å²) in [4.78, 5) is 0. The summed E-state index contributed by atoms with van der Waals surface area (Å²) in [5.41, 5.74) is 0.156. The largest absolute Gasteiger partial charge is 0.451 e. The van der Waals surface area contributed by atoms with Crippen LogP contribution in [0.4, 0.5) is 13.2 Å². The third-order valence-corrected chi connectivity index (χ3v) is 2.55. The first-order valence-electron chi connectivity index (χ1n) is 5.58. The molecule has 0 radical (unpaired) electrons. The van der Waals surface area contributed by atoms with Crippen LogP contribution in [0.3, 0.4) is 0 Å². The Balaban J connectivity index is 2.46. The van der Waals surface area contributed by atoms with Crippen molar-refractivity contribution in [2.45, 2.75) is 13.0 Å². The SMILES string of the molecule is C[C@@H](O)c1cccc(F)c1Oc1cc(F)ccc1F. The van der Waals surface area contributed by atoms with Crippen LogP contribution in [0.25, 0.3) is 0 Å². The van der Waals surface area contributed by atoms with Gasteiger partial charge in [0.05, 0.1) is 6.10 Å². The zero-order chi connectivity index (χ0) is 14.0. The van der Waals surface area contributed by atoms with Crippen LogP contribution >= 0.6 is 0 Å². The van der Waals surface area contributed by atoms with Crippen LogP contribution < -0.4 is 4.74 Å². The fourth-order valence-corrected chi connectivity index (χ4v) is 1.63. The molecule has 100 valence electrons. The van der Waals surface area contributed by atoms with Crippen LogP contribution in [0.1, 0.15) is 18.6 Å². The predicted molar refractivity (Wildman–Crippen MR) is 63.5 cm³/mol. The molecule has 0 aliphatic rings. The van der Waals surface area contributed by atoms with E-state index < -0.39 is 29.3 Å². The summed E-state index contributed by atoms with van der Waals surface area (Å²) in [7, 11) is 0. The number of halogens is 3. The molecule has 0 aliphatic carbocycles. The number of para-hydroxylation sites is 1. The molecule has 1 N–H and O–H groups in total. The molecule has 0 unspecified atom stereocenters. The highest BCUT2D eigenvalue weighted by Gasteiger charge is 2.16. The summed E-state index contributed by atoms with van der Waals surface area (Å²) in [6.45, 7) is 1.42. The summed E-state index contributed by atoms with van der Waals surface area (Å²) >= 11 is 0. The van der Waals surface area contributed by atoms with Crippen molar-refractivity contribution in [1.29, 1.82) is 0 Å². The summed E-state index contributed by atoms with van der Waals surface area (Å²) in [5, 5.41) is 9.52. The second-order valence-electron chi connectivity index (χ2n) is 4.01. The normalized spacial score (nSPS) is 12.3. The predicted octanol–water partition coefficient (Wildman–Crippen LogP) is 3.95. The van der Waals surface area contributed by atoms with Gasteiger partial charge in [0.1, 0.15) is 5.82 Å². The molecule has 0 amide bonds. The summed E-state index contributed by atoms with van der Waals surface area (Å²) in [5.74, 6) is -3.04. The van der Waals surface area contributed by atoms with Crippen molar-refractivity contribution in [2.75, 3.05) is 0 Å². The van der Waals surface area contributed by atoms with Crippen LogP contribution in [0, 0.1) is 17.5 Å². The van der Waals surface area contributed by atoms with Crippen molar-refractivity contribution in [2.24, 2.45) is 0 Å². The Morgan fingerprint density at radius 3 is 2.47 bits per heavy atom. The van der Waals surface area contributed by atoms with Gasteiger partial charge in [-0.2, -0.15) is 0 Å². The van der Waals surface area contributed by atoms with Crippen LogP contribution in [0.5, 0.6) is 11.5 Å². The molecule has 0 saturated heterocycles. The van der Waals surface area contributed by atoms with E-state index in [0.717, 1.165) is 24.3 Å². The van der Waals surface area contributed by atoms with E-state index in [1.165, 1.54) is 19.1 Å². The molecule has 0 aromatic heterocycles. The Bertz CT molecular complexity index is 597. The Labute approximate surface area is 108 Å². The first-order valence-corrected chi connectivity index (χ1v) is 5.58. The molecule has 2 nitrogen and oxygen atoms in total. The van der Waals surface area contributed by atoms with E-state index >= 15 is 0 Å². The third-order valence-electron chi connectivity index (χ3n) is 2.55. The van der Waals surface area contributed by atoms with Crippen molar-refractivity contribution in [3.05, 3.63) is 59.4 Å². The number of aliphatic hydroxyl groups excluding tert-OH is 1. The highest BCUT2D eigenvalue weighted by molar-refractivity contribution is 5.40. The first-order chi connectivity index (χ1) is 8.99.